The highest BCUT2D eigenvalue weighted by atomic mass is 32.2. The van der Waals surface area contributed by atoms with Crippen molar-refractivity contribution in [1.29, 1.82) is 5.26 Å². The van der Waals surface area contributed by atoms with E-state index >= 15 is 0 Å². The van der Waals surface area contributed by atoms with Crippen molar-refractivity contribution in [2.24, 2.45) is 0 Å². The van der Waals surface area contributed by atoms with Gasteiger partial charge in [0.1, 0.15) is 39.5 Å². The van der Waals surface area contributed by atoms with Crippen LogP contribution in [-0.4, -0.2) is 106 Å². The molecule has 0 spiro atoms. The number of carbonyl (C=O) groups is 1. The Morgan fingerprint density at radius 1 is 1.00 bits per heavy atom. The number of hydrogen-bond acceptors (Lipinski definition) is 10. The van der Waals surface area contributed by atoms with Crippen LogP contribution in [0, 0.1) is 24.1 Å². The first kappa shape index (κ1) is 40.1. The fourth-order valence-corrected chi connectivity index (χ4v) is 9.15. The van der Waals surface area contributed by atoms with Crippen LogP contribution in [0.25, 0.3) is 10.9 Å². The lowest BCUT2D eigenvalue weighted by atomic mass is 10.0. The molecule has 12 nitrogen and oxygen atoms in total. The lowest BCUT2D eigenvalue weighted by Gasteiger charge is -2.33. The van der Waals surface area contributed by atoms with Gasteiger partial charge in [-0.05, 0) is 115 Å². The topological polar surface area (TPSA) is 137 Å². The number of nitrogens with zero attached hydrogens (tertiary/aromatic N) is 7. The van der Waals surface area contributed by atoms with Gasteiger partial charge in [-0.2, -0.15) is 5.26 Å². The van der Waals surface area contributed by atoms with Crippen molar-refractivity contribution in [3.8, 4) is 17.6 Å². The fourth-order valence-electron chi connectivity index (χ4n) is 8.08. The van der Waals surface area contributed by atoms with Crippen molar-refractivity contribution in [2.75, 3.05) is 44.3 Å². The van der Waals surface area contributed by atoms with Gasteiger partial charge in [-0.25, -0.2) is 22.8 Å². The quantitative estimate of drug-likeness (QED) is 0.163. The van der Waals surface area contributed by atoms with E-state index in [1.807, 2.05) is 33.8 Å². The third-order valence-corrected chi connectivity index (χ3v) is 12.8. The van der Waals surface area contributed by atoms with E-state index in [0.717, 1.165) is 63.0 Å². The summed E-state index contributed by atoms with van der Waals surface area (Å²) in [5, 5.41) is 14.4. The molecule has 14 heteroatoms. The molecule has 2 aromatic carbocycles. The molecule has 0 radical (unpaired) electrons. The minimum absolute atomic E-state index is 0.0839. The number of aromatic nitrogens is 3. The van der Waals surface area contributed by atoms with E-state index in [1.54, 1.807) is 11.1 Å². The Bertz CT molecular complexity index is 2140. The highest BCUT2D eigenvalue weighted by molar-refractivity contribution is 7.91. The summed E-state index contributed by atoms with van der Waals surface area (Å²) < 4.78 is 46.7. The zero-order valence-electron chi connectivity index (χ0n) is 32.8. The van der Waals surface area contributed by atoms with E-state index in [1.165, 1.54) is 41.9 Å². The molecule has 4 aromatic rings. The summed E-state index contributed by atoms with van der Waals surface area (Å²) in [7, 11) is -3.01. The first-order chi connectivity index (χ1) is 26.2. The monoisotopic (exact) mass is 772 g/mol. The number of halogens is 1. The highest BCUT2D eigenvalue weighted by Crippen LogP contribution is 2.33. The first-order valence-corrected chi connectivity index (χ1v) is 21.2. The number of likely N-dealkylation sites (tertiary alicyclic amines) is 2. The second kappa shape index (κ2) is 17.1. The molecule has 294 valence electrons. The normalized spacial score (nSPS) is 16.5. The van der Waals surface area contributed by atoms with Gasteiger partial charge in [-0.1, -0.05) is 6.07 Å². The Kier molecular flexibility index (Phi) is 12.4. The Balaban J connectivity index is 1.07. The molecule has 0 aliphatic carbocycles. The second-order valence-electron chi connectivity index (χ2n) is 15.5. The Morgan fingerprint density at radius 2 is 1.69 bits per heavy atom. The molecule has 1 amide bonds. The summed E-state index contributed by atoms with van der Waals surface area (Å²) in [5.74, 6) is 0.279. The zero-order valence-corrected chi connectivity index (χ0v) is 33.6. The van der Waals surface area contributed by atoms with Crippen molar-refractivity contribution in [3.63, 3.8) is 0 Å². The van der Waals surface area contributed by atoms with E-state index < -0.39 is 15.7 Å². The zero-order chi connectivity index (χ0) is 39.4. The summed E-state index contributed by atoms with van der Waals surface area (Å²) >= 11 is 0. The van der Waals surface area contributed by atoms with Crippen LogP contribution < -0.4 is 10.1 Å². The molecule has 2 fully saturated rings. The smallest absolute Gasteiger partial charge is 0.258 e. The van der Waals surface area contributed by atoms with E-state index in [9.17, 15) is 22.9 Å². The van der Waals surface area contributed by atoms with Gasteiger partial charge in [-0.3, -0.25) is 9.69 Å². The maximum atomic E-state index is 14.4. The molecule has 2 aliphatic rings. The number of aryl methyl sites for hydroxylation is 1. The molecule has 0 saturated carbocycles. The van der Waals surface area contributed by atoms with Crippen molar-refractivity contribution in [1.82, 2.24) is 29.2 Å². The summed E-state index contributed by atoms with van der Waals surface area (Å²) in [6, 6.07) is 12.6. The van der Waals surface area contributed by atoms with E-state index in [0.29, 0.717) is 36.6 Å². The minimum atomic E-state index is -3.01. The summed E-state index contributed by atoms with van der Waals surface area (Å²) in [6.07, 6.45) is 7.39. The molecular formula is C41H53FN8O4S. The largest absolute Gasteiger partial charge is 0.451 e. The van der Waals surface area contributed by atoms with E-state index in [-0.39, 0.29) is 40.6 Å². The fraction of sp³-hybridized carbons (Fsp3) is 0.512. The maximum absolute atomic E-state index is 14.4. The molecule has 0 unspecified atom stereocenters. The second-order valence-corrected chi connectivity index (χ2v) is 17.8. The number of carbonyl (C=O) groups excluding carboxylic acids is 1. The number of amides is 1. The number of nitriles is 1. The van der Waals surface area contributed by atoms with Crippen LogP contribution >= 0.6 is 0 Å². The minimum Gasteiger partial charge on any atom is -0.451 e. The molecule has 0 atom stereocenters. The number of nitrogens with one attached hydrogen (secondary N) is 1. The number of benzene rings is 2. The Labute approximate surface area is 324 Å². The third-order valence-electron chi connectivity index (χ3n) is 11.1. The Hall–Kier alpha value is -4.58. The molecule has 0 bridgehead atoms. The van der Waals surface area contributed by atoms with E-state index in [4.69, 9.17) is 4.74 Å². The summed E-state index contributed by atoms with van der Waals surface area (Å²) in [4.78, 5) is 28.7. The standard InChI is InChI=1S/C41H53FN8O4S/c1-27(2)50(28(3)4)41(51)36-21-31(42)8-10-38(36)54-39-24-44-26-45-40(39)46-32-11-15-48(16-12-32)25-30-7-9-37-35(29(30)5)22-33(23-43)49(37)20-19-47-17-13-34(14-18-47)55(6,52)53/h7-10,21-22,24,26-28,32,34H,11-20,25H2,1-6H3,(H,44,45,46). The molecule has 6 rings (SSSR count). The Morgan fingerprint density at radius 3 is 2.35 bits per heavy atom. The van der Waals surface area contributed by atoms with E-state index in [2.05, 4.69) is 54.8 Å². The van der Waals surface area contributed by atoms with Crippen LogP contribution in [0.3, 0.4) is 0 Å². The predicted octanol–water partition coefficient (Wildman–Crippen LogP) is 6.39. The molecule has 2 saturated heterocycles. The van der Waals surface area contributed by atoms with Crippen LogP contribution in [0.15, 0.2) is 48.9 Å². The molecule has 55 heavy (non-hydrogen) atoms. The van der Waals surface area contributed by atoms with Gasteiger partial charge < -0.3 is 24.4 Å². The van der Waals surface area contributed by atoms with Crippen molar-refractivity contribution in [3.05, 3.63) is 77.1 Å². The molecular weight excluding hydrogens is 720 g/mol. The SMILES string of the molecule is Cc1c(CN2CCC(Nc3ncncc3Oc3ccc(F)cc3C(=O)N(C(C)C)C(C)C)CC2)ccc2c1cc(C#N)n2CCN1CCC(S(C)(=O)=O)CC1. The number of fused-ring (bicyclic) bond motifs is 1. The maximum Gasteiger partial charge on any atom is 0.258 e. The van der Waals surface area contributed by atoms with Crippen LogP contribution in [0.1, 0.15) is 80.6 Å². The molecule has 1 N–H and O–H groups in total. The number of hydrogen-bond donors (Lipinski definition) is 1. The van der Waals surface area contributed by atoms with Gasteiger partial charge in [0.2, 0.25) is 0 Å². The third kappa shape index (κ3) is 9.28. The van der Waals surface area contributed by atoms with Gasteiger partial charge in [0.25, 0.3) is 5.91 Å². The molecule has 4 heterocycles. The van der Waals surface area contributed by atoms with Crippen molar-refractivity contribution >= 4 is 32.5 Å². The average Bonchev–Trinajstić information content (AvgIpc) is 3.52. The average molecular weight is 773 g/mol. The van der Waals surface area contributed by atoms with Gasteiger partial charge >= 0.3 is 0 Å². The highest BCUT2D eigenvalue weighted by Gasteiger charge is 2.28. The molecule has 2 aliphatic heterocycles. The van der Waals surface area contributed by atoms with Crippen LogP contribution in [0.4, 0.5) is 10.2 Å². The number of piperidine rings is 2. The number of anilines is 1. The van der Waals surface area contributed by atoms with Gasteiger partial charge in [0.15, 0.2) is 11.6 Å². The lowest BCUT2D eigenvalue weighted by molar-refractivity contribution is 0.0640. The van der Waals surface area contributed by atoms with Gasteiger partial charge in [-0.15, -0.1) is 0 Å². The van der Waals surface area contributed by atoms with Gasteiger partial charge in [0, 0.05) is 68.0 Å². The van der Waals surface area contributed by atoms with Crippen molar-refractivity contribution in [2.45, 2.75) is 96.8 Å². The first-order valence-electron chi connectivity index (χ1n) is 19.3. The van der Waals surface area contributed by atoms with Gasteiger partial charge in [0.05, 0.1) is 17.0 Å². The van der Waals surface area contributed by atoms with Crippen LogP contribution in [0.5, 0.6) is 11.5 Å². The van der Waals surface area contributed by atoms with Crippen molar-refractivity contribution < 1.29 is 22.3 Å². The number of rotatable bonds is 13. The van der Waals surface area contributed by atoms with Crippen LogP contribution in [0.2, 0.25) is 0 Å². The summed E-state index contributed by atoms with van der Waals surface area (Å²) in [6.45, 7) is 15.3. The number of ether oxygens (including phenoxy) is 1. The summed E-state index contributed by atoms with van der Waals surface area (Å²) in [5.41, 5.74) is 4.23. The lowest BCUT2D eigenvalue weighted by Crippen LogP contribution is -2.42. The predicted molar refractivity (Wildman–Crippen MR) is 213 cm³/mol. The molecule has 2 aromatic heterocycles. The van der Waals surface area contributed by atoms with Crippen LogP contribution in [-0.2, 0) is 22.9 Å². The number of sulfone groups is 1.